The van der Waals surface area contributed by atoms with Gasteiger partial charge in [-0.25, -0.2) is 0 Å². The Morgan fingerprint density at radius 1 is 1.23 bits per heavy atom. The Kier molecular flexibility index (Phi) is 4.67. The number of carbonyl (C=O) groups excluding carboxylic acids is 1. The molecule has 2 heterocycles. The number of nitrogens with one attached hydrogen (secondary N) is 1. The molecule has 4 rings (SSSR count). The number of aromatic nitrogens is 3. The van der Waals surface area contributed by atoms with E-state index in [1.165, 1.54) is 0 Å². The molecule has 1 fully saturated rings. The van der Waals surface area contributed by atoms with Crippen LogP contribution in [0.15, 0.2) is 55.0 Å². The minimum Gasteiger partial charge on any atom is -0.393 e. The summed E-state index contributed by atoms with van der Waals surface area (Å²) < 4.78 is 1.73. The lowest BCUT2D eigenvalue weighted by Crippen LogP contribution is -2.49. The molecule has 0 spiro atoms. The number of aliphatic hydroxyl groups excluding tert-OH is 1. The Hall–Kier alpha value is -2.73. The van der Waals surface area contributed by atoms with Crippen molar-refractivity contribution in [3.05, 3.63) is 60.6 Å². The minimum absolute atomic E-state index is 0.00938. The maximum Gasteiger partial charge on any atom is 0.241 e. The van der Waals surface area contributed by atoms with Crippen molar-refractivity contribution in [2.75, 3.05) is 0 Å². The van der Waals surface area contributed by atoms with E-state index in [1.54, 1.807) is 23.3 Å². The number of aliphatic hydroxyl groups is 1. The number of pyridine rings is 1. The summed E-state index contributed by atoms with van der Waals surface area (Å²) in [6, 6.07) is 11.8. The number of nitrogens with zero attached hydrogens (tertiary/aromatic N) is 3. The average Bonchev–Trinajstić information content (AvgIpc) is 3.02. The molecule has 0 unspecified atom stereocenters. The van der Waals surface area contributed by atoms with Gasteiger partial charge in [0, 0.05) is 23.8 Å². The summed E-state index contributed by atoms with van der Waals surface area (Å²) in [5.41, 5.74) is 2.09. The summed E-state index contributed by atoms with van der Waals surface area (Å²) >= 11 is 0. The highest BCUT2D eigenvalue weighted by Crippen LogP contribution is 2.31. The van der Waals surface area contributed by atoms with Gasteiger partial charge in [-0.05, 0) is 48.9 Å². The lowest BCUT2D eigenvalue weighted by atomic mass is 9.75. The second-order valence-corrected chi connectivity index (χ2v) is 6.98. The second kappa shape index (κ2) is 7.25. The van der Waals surface area contributed by atoms with Crippen molar-refractivity contribution >= 4 is 16.8 Å². The van der Waals surface area contributed by atoms with Crippen LogP contribution in [0, 0.1) is 5.92 Å². The molecule has 0 saturated heterocycles. The van der Waals surface area contributed by atoms with E-state index in [0.717, 1.165) is 35.7 Å². The van der Waals surface area contributed by atoms with Gasteiger partial charge in [0.1, 0.15) is 6.54 Å². The van der Waals surface area contributed by atoms with Gasteiger partial charge in [0.15, 0.2) is 0 Å². The van der Waals surface area contributed by atoms with Crippen molar-refractivity contribution in [3.63, 3.8) is 0 Å². The van der Waals surface area contributed by atoms with Crippen LogP contribution in [-0.4, -0.2) is 37.9 Å². The van der Waals surface area contributed by atoms with E-state index >= 15 is 0 Å². The van der Waals surface area contributed by atoms with E-state index < -0.39 is 0 Å². The second-order valence-electron chi connectivity index (χ2n) is 6.98. The molecule has 6 nitrogen and oxygen atoms in total. The molecule has 1 amide bonds. The molecule has 0 bridgehead atoms. The molecule has 1 atom stereocenters. The Morgan fingerprint density at radius 2 is 2.00 bits per heavy atom. The van der Waals surface area contributed by atoms with Gasteiger partial charge in [-0.15, -0.1) is 0 Å². The van der Waals surface area contributed by atoms with E-state index in [0.29, 0.717) is 5.92 Å². The van der Waals surface area contributed by atoms with Gasteiger partial charge in [-0.1, -0.05) is 18.2 Å². The molecule has 0 aliphatic heterocycles. The first-order valence-corrected chi connectivity index (χ1v) is 8.96. The van der Waals surface area contributed by atoms with E-state index in [4.69, 9.17) is 0 Å². The fourth-order valence-corrected chi connectivity index (χ4v) is 3.61. The maximum atomic E-state index is 12.6. The van der Waals surface area contributed by atoms with Gasteiger partial charge in [-0.3, -0.25) is 14.5 Å². The monoisotopic (exact) mass is 350 g/mol. The molecule has 2 N–H and O–H groups in total. The summed E-state index contributed by atoms with van der Waals surface area (Å²) in [5.74, 6) is 0.246. The topological polar surface area (TPSA) is 80.0 Å². The van der Waals surface area contributed by atoms with Crippen molar-refractivity contribution in [2.24, 2.45) is 5.92 Å². The van der Waals surface area contributed by atoms with Crippen LogP contribution in [0.5, 0.6) is 0 Å². The molecule has 1 aliphatic rings. The molecular weight excluding hydrogens is 328 g/mol. The molecule has 2 aromatic heterocycles. The van der Waals surface area contributed by atoms with Crippen LogP contribution >= 0.6 is 0 Å². The van der Waals surface area contributed by atoms with Crippen molar-refractivity contribution in [2.45, 2.75) is 38.0 Å². The summed E-state index contributed by atoms with van der Waals surface area (Å²) in [6.45, 7) is 0.190. The molecule has 1 saturated carbocycles. The molecular formula is C20H22N4O2. The number of benzene rings is 1. The predicted molar refractivity (Wildman–Crippen MR) is 98.3 cm³/mol. The van der Waals surface area contributed by atoms with Gasteiger partial charge in [0.25, 0.3) is 0 Å². The summed E-state index contributed by atoms with van der Waals surface area (Å²) in [6.07, 6.45) is 7.28. The first kappa shape index (κ1) is 16.7. The van der Waals surface area contributed by atoms with Crippen molar-refractivity contribution in [3.8, 4) is 0 Å². The third kappa shape index (κ3) is 3.60. The van der Waals surface area contributed by atoms with Gasteiger partial charge < -0.3 is 10.4 Å². The van der Waals surface area contributed by atoms with Crippen molar-refractivity contribution in [1.82, 2.24) is 20.1 Å². The SMILES string of the molecule is O=C(Cn1ncc2ccccc21)N[C@H](Cc1ccncc1)C1CC(O)C1. The third-order valence-electron chi connectivity index (χ3n) is 5.11. The molecule has 134 valence electrons. The minimum atomic E-state index is -0.244. The first-order valence-electron chi connectivity index (χ1n) is 8.96. The van der Waals surface area contributed by atoms with Gasteiger partial charge in [-0.2, -0.15) is 5.10 Å². The number of rotatable bonds is 6. The summed E-state index contributed by atoms with van der Waals surface area (Å²) in [4.78, 5) is 16.7. The van der Waals surface area contributed by atoms with Gasteiger partial charge in [0.05, 0.1) is 17.8 Å². The molecule has 1 aromatic carbocycles. The normalized spacial score (nSPS) is 20.5. The van der Waals surface area contributed by atoms with Crippen LogP contribution in [0.3, 0.4) is 0 Å². The number of hydrogen-bond acceptors (Lipinski definition) is 4. The van der Waals surface area contributed by atoms with Crippen molar-refractivity contribution in [1.29, 1.82) is 0 Å². The van der Waals surface area contributed by atoms with Gasteiger partial charge in [0.2, 0.25) is 5.91 Å². The van der Waals surface area contributed by atoms with Crippen molar-refractivity contribution < 1.29 is 9.90 Å². The smallest absolute Gasteiger partial charge is 0.241 e. The van der Waals surface area contributed by atoms with E-state index in [1.807, 2.05) is 36.4 Å². The van der Waals surface area contributed by atoms with Crippen LogP contribution in [0.1, 0.15) is 18.4 Å². The Bertz CT molecular complexity index is 887. The highest BCUT2D eigenvalue weighted by molar-refractivity contribution is 5.82. The highest BCUT2D eigenvalue weighted by Gasteiger charge is 2.34. The standard InChI is InChI=1S/C20H22N4O2/c25-17-10-16(11-17)18(9-14-5-7-21-8-6-14)23-20(26)13-24-19-4-2-1-3-15(19)12-22-24/h1-8,12,16-18,25H,9-11,13H2,(H,23,26)/t16?,17?,18-/m1/s1. The Morgan fingerprint density at radius 3 is 2.77 bits per heavy atom. The van der Waals surface area contributed by atoms with Crippen LogP contribution in [-0.2, 0) is 17.8 Å². The Labute approximate surface area is 151 Å². The van der Waals surface area contributed by atoms with E-state index in [2.05, 4.69) is 15.4 Å². The predicted octanol–water partition coefficient (Wildman–Crippen LogP) is 1.93. The Balaban J connectivity index is 1.45. The molecule has 26 heavy (non-hydrogen) atoms. The quantitative estimate of drug-likeness (QED) is 0.712. The van der Waals surface area contributed by atoms with Gasteiger partial charge >= 0.3 is 0 Å². The lowest BCUT2D eigenvalue weighted by Gasteiger charge is -2.38. The van der Waals surface area contributed by atoms with Crippen LogP contribution in [0.4, 0.5) is 0 Å². The molecule has 1 aliphatic carbocycles. The number of fused-ring (bicyclic) bond motifs is 1. The molecule has 6 heteroatoms. The van der Waals surface area contributed by atoms with Crippen LogP contribution in [0.2, 0.25) is 0 Å². The number of carbonyl (C=O) groups is 1. The van der Waals surface area contributed by atoms with E-state index in [9.17, 15) is 9.90 Å². The number of hydrogen-bond donors (Lipinski definition) is 2. The first-order chi connectivity index (χ1) is 12.7. The zero-order valence-corrected chi connectivity index (χ0v) is 14.5. The van der Waals surface area contributed by atoms with E-state index in [-0.39, 0.29) is 24.6 Å². The number of amides is 1. The van der Waals surface area contributed by atoms with Crippen LogP contribution in [0.25, 0.3) is 10.9 Å². The van der Waals surface area contributed by atoms with Crippen LogP contribution < -0.4 is 5.32 Å². The lowest BCUT2D eigenvalue weighted by molar-refractivity contribution is -0.123. The summed E-state index contributed by atoms with van der Waals surface area (Å²) in [5, 5.41) is 18.2. The average molecular weight is 350 g/mol. The number of para-hydroxylation sites is 1. The maximum absolute atomic E-state index is 12.6. The zero-order chi connectivity index (χ0) is 17.9. The fourth-order valence-electron chi connectivity index (χ4n) is 3.61. The zero-order valence-electron chi connectivity index (χ0n) is 14.5. The molecule has 0 radical (unpaired) electrons. The largest absolute Gasteiger partial charge is 0.393 e. The molecule has 3 aromatic rings. The summed E-state index contributed by atoms with van der Waals surface area (Å²) in [7, 11) is 0. The highest BCUT2D eigenvalue weighted by atomic mass is 16.3. The fraction of sp³-hybridized carbons (Fsp3) is 0.350. The third-order valence-corrected chi connectivity index (χ3v) is 5.11.